The lowest BCUT2D eigenvalue weighted by Crippen LogP contribution is -2.44. The highest BCUT2D eigenvalue weighted by atomic mass is 16.4. The Balaban J connectivity index is 2.49. The van der Waals surface area contributed by atoms with E-state index in [0.717, 1.165) is 0 Å². The summed E-state index contributed by atoms with van der Waals surface area (Å²) in [5.74, 6) is -0.566. The SMILES string of the molecule is CNC(C)(C)C(=O)c1ccc2[nH]c(=O)oc2c1. The minimum absolute atomic E-state index is 0.0502. The number of hydrogen-bond donors (Lipinski definition) is 2. The van der Waals surface area contributed by atoms with Gasteiger partial charge in [-0.3, -0.25) is 9.78 Å². The highest BCUT2D eigenvalue weighted by Gasteiger charge is 2.26. The van der Waals surface area contributed by atoms with Crippen molar-refractivity contribution in [2.24, 2.45) is 0 Å². The highest BCUT2D eigenvalue weighted by Crippen LogP contribution is 2.17. The number of rotatable bonds is 3. The van der Waals surface area contributed by atoms with Crippen LogP contribution in [0.2, 0.25) is 0 Å². The van der Waals surface area contributed by atoms with Crippen LogP contribution in [0.15, 0.2) is 27.4 Å². The third-order valence-electron chi connectivity index (χ3n) is 2.88. The lowest BCUT2D eigenvalue weighted by Gasteiger charge is -2.22. The van der Waals surface area contributed by atoms with Gasteiger partial charge in [-0.15, -0.1) is 0 Å². The van der Waals surface area contributed by atoms with Gasteiger partial charge in [-0.1, -0.05) is 0 Å². The first-order valence-corrected chi connectivity index (χ1v) is 5.30. The summed E-state index contributed by atoms with van der Waals surface area (Å²) in [5, 5.41) is 2.94. The summed E-state index contributed by atoms with van der Waals surface area (Å²) in [5.41, 5.74) is 0.853. The molecule has 0 saturated heterocycles. The number of hydrogen-bond acceptors (Lipinski definition) is 4. The molecule has 1 aromatic carbocycles. The van der Waals surface area contributed by atoms with Gasteiger partial charge in [-0.05, 0) is 39.1 Å². The summed E-state index contributed by atoms with van der Waals surface area (Å²) in [6.45, 7) is 3.60. The number of likely N-dealkylation sites (N-methyl/N-ethyl adjacent to an activating group) is 1. The summed E-state index contributed by atoms with van der Waals surface area (Å²) in [6.07, 6.45) is 0. The van der Waals surface area contributed by atoms with E-state index in [4.69, 9.17) is 4.42 Å². The summed E-state index contributed by atoms with van der Waals surface area (Å²) in [7, 11) is 1.73. The molecule has 0 aliphatic rings. The molecule has 0 aliphatic carbocycles. The molecule has 0 radical (unpaired) electrons. The number of fused-ring (bicyclic) bond motifs is 1. The third kappa shape index (κ3) is 2.01. The molecule has 90 valence electrons. The minimum atomic E-state index is -0.649. The van der Waals surface area contributed by atoms with Gasteiger partial charge in [0.1, 0.15) is 0 Å². The summed E-state index contributed by atoms with van der Waals surface area (Å²) < 4.78 is 4.92. The van der Waals surface area contributed by atoms with E-state index in [1.807, 2.05) is 0 Å². The molecule has 5 heteroatoms. The zero-order valence-corrected chi connectivity index (χ0v) is 9.96. The van der Waals surface area contributed by atoms with Crippen molar-refractivity contribution in [2.45, 2.75) is 19.4 Å². The van der Waals surface area contributed by atoms with Crippen molar-refractivity contribution in [1.29, 1.82) is 0 Å². The van der Waals surface area contributed by atoms with Crippen LogP contribution in [-0.2, 0) is 0 Å². The van der Waals surface area contributed by atoms with E-state index in [2.05, 4.69) is 10.3 Å². The van der Waals surface area contributed by atoms with Gasteiger partial charge < -0.3 is 9.73 Å². The van der Waals surface area contributed by atoms with Crippen LogP contribution in [-0.4, -0.2) is 23.4 Å². The zero-order chi connectivity index (χ0) is 12.6. The maximum Gasteiger partial charge on any atom is 0.417 e. The molecule has 2 N–H and O–H groups in total. The second kappa shape index (κ2) is 3.85. The fourth-order valence-corrected chi connectivity index (χ4v) is 1.56. The van der Waals surface area contributed by atoms with Crippen LogP contribution >= 0.6 is 0 Å². The standard InChI is InChI=1S/C12H14N2O3/c1-12(2,13-3)10(15)7-4-5-8-9(6-7)17-11(16)14-8/h4-6,13H,1-3H3,(H,14,16). The number of aromatic amines is 1. The van der Waals surface area contributed by atoms with Crippen molar-refractivity contribution in [1.82, 2.24) is 10.3 Å². The van der Waals surface area contributed by atoms with E-state index in [1.54, 1.807) is 39.1 Å². The number of ketones is 1. The fourth-order valence-electron chi connectivity index (χ4n) is 1.56. The van der Waals surface area contributed by atoms with Crippen molar-refractivity contribution in [3.05, 3.63) is 34.3 Å². The number of aromatic nitrogens is 1. The summed E-state index contributed by atoms with van der Waals surface area (Å²) in [6, 6.07) is 4.92. The average molecular weight is 234 g/mol. The molecule has 0 atom stereocenters. The molecule has 2 rings (SSSR count). The van der Waals surface area contributed by atoms with E-state index in [-0.39, 0.29) is 5.78 Å². The van der Waals surface area contributed by atoms with E-state index in [0.29, 0.717) is 16.7 Å². The monoisotopic (exact) mass is 234 g/mol. The highest BCUT2D eigenvalue weighted by molar-refractivity contribution is 6.04. The molecule has 0 saturated carbocycles. The van der Waals surface area contributed by atoms with Gasteiger partial charge in [0.05, 0.1) is 11.1 Å². The van der Waals surface area contributed by atoms with Crippen molar-refractivity contribution in [3.8, 4) is 0 Å². The molecule has 0 bridgehead atoms. The minimum Gasteiger partial charge on any atom is -0.408 e. The second-order valence-electron chi connectivity index (χ2n) is 4.43. The number of oxazole rings is 1. The van der Waals surface area contributed by atoms with Crippen LogP contribution < -0.4 is 11.1 Å². The van der Waals surface area contributed by atoms with E-state index in [1.165, 1.54) is 0 Å². The Kier molecular flexibility index (Phi) is 2.63. The molecule has 0 amide bonds. The first kappa shape index (κ1) is 11.6. The molecule has 0 aliphatic heterocycles. The third-order valence-corrected chi connectivity index (χ3v) is 2.88. The van der Waals surface area contributed by atoms with Crippen LogP contribution in [0.25, 0.3) is 11.1 Å². The summed E-state index contributed by atoms with van der Waals surface area (Å²) >= 11 is 0. The van der Waals surface area contributed by atoms with E-state index < -0.39 is 11.3 Å². The van der Waals surface area contributed by atoms with Gasteiger partial charge in [-0.2, -0.15) is 0 Å². The molecule has 0 fully saturated rings. The number of benzene rings is 1. The van der Waals surface area contributed by atoms with E-state index >= 15 is 0 Å². The van der Waals surface area contributed by atoms with Gasteiger partial charge in [0.15, 0.2) is 11.4 Å². The lowest BCUT2D eigenvalue weighted by molar-refractivity contribution is 0.0889. The quantitative estimate of drug-likeness (QED) is 0.785. The van der Waals surface area contributed by atoms with Crippen LogP contribution in [0.4, 0.5) is 0 Å². The molecule has 0 unspecified atom stereocenters. The average Bonchev–Trinajstić information content (AvgIpc) is 2.66. The van der Waals surface area contributed by atoms with E-state index in [9.17, 15) is 9.59 Å². The fraction of sp³-hybridized carbons (Fsp3) is 0.333. The van der Waals surface area contributed by atoms with Gasteiger partial charge in [0.25, 0.3) is 0 Å². The Hall–Kier alpha value is -1.88. The second-order valence-corrected chi connectivity index (χ2v) is 4.43. The largest absolute Gasteiger partial charge is 0.417 e. The first-order valence-electron chi connectivity index (χ1n) is 5.30. The maximum atomic E-state index is 12.2. The molecular formula is C12H14N2O3. The summed E-state index contributed by atoms with van der Waals surface area (Å²) in [4.78, 5) is 25.7. The van der Waals surface area contributed by atoms with Crippen LogP contribution in [0.3, 0.4) is 0 Å². The maximum absolute atomic E-state index is 12.2. The topological polar surface area (TPSA) is 75.1 Å². The molecule has 1 heterocycles. The Morgan fingerprint density at radius 2 is 2.12 bits per heavy atom. The Morgan fingerprint density at radius 3 is 2.76 bits per heavy atom. The molecule has 2 aromatic rings. The Morgan fingerprint density at radius 1 is 1.41 bits per heavy atom. The number of carbonyl (C=O) groups excluding carboxylic acids is 1. The van der Waals surface area contributed by atoms with Crippen LogP contribution in [0, 0.1) is 0 Å². The first-order chi connectivity index (χ1) is 7.94. The van der Waals surface area contributed by atoms with Gasteiger partial charge in [0, 0.05) is 5.56 Å². The molecule has 0 spiro atoms. The number of nitrogens with one attached hydrogen (secondary N) is 2. The van der Waals surface area contributed by atoms with Crippen molar-refractivity contribution < 1.29 is 9.21 Å². The van der Waals surface area contributed by atoms with Gasteiger partial charge in [0.2, 0.25) is 0 Å². The predicted molar refractivity (Wildman–Crippen MR) is 64.3 cm³/mol. The normalized spacial score (nSPS) is 11.9. The van der Waals surface area contributed by atoms with Crippen molar-refractivity contribution in [3.63, 3.8) is 0 Å². The van der Waals surface area contributed by atoms with Crippen molar-refractivity contribution in [2.75, 3.05) is 7.05 Å². The van der Waals surface area contributed by atoms with Crippen LogP contribution in [0.1, 0.15) is 24.2 Å². The molecule has 5 nitrogen and oxygen atoms in total. The zero-order valence-electron chi connectivity index (χ0n) is 9.96. The van der Waals surface area contributed by atoms with Crippen LogP contribution in [0.5, 0.6) is 0 Å². The predicted octanol–water partition coefficient (Wildman–Crippen LogP) is 1.30. The molecule has 1 aromatic heterocycles. The molecular weight excluding hydrogens is 220 g/mol. The number of H-pyrrole nitrogens is 1. The Bertz CT molecular complexity index is 622. The van der Waals surface area contributed by atoms with Crippen molar-refractivity contribution >= 4 is 16.9 Å². The lowest BCUT2D eigenvalue weighted by atomic mass is 9.93. The smallest absolute Gasteiger partial charge is 0.408 e. The number of carbonyl (C=O) groups is 1. The van der Waals surface area contributed by atoms with Gasteiger partial charge in [-0.25, -0.2) is 4.79 Å². The Labute approximate surface area is 97.8 Å². The molecule has 17 heavy (non-hydrogen) atoms. The number of Topliss-reactive ketones (excluding diaryl/α,β-unsaturated/α-hetero) is 1. The van der Waals surface area contributed by atoms with Gasteiger partial charge >= 0.3 is 5.76 Å².